The first-order chi connectivity index (χ1) is 3.18. The van der Waals surface area contributed by atoms with E-state index < -0.39 is 11.0 Å². The molecule has 0 saturated heterocycles. The van der Waals surface area contributed by atoms with Crippen LogP contribution in [0.1, 0.15) is 0 Å². The monoisotopic (exact) mass is 105 g/mol. The van der Waals surface area contributed by atoms with Crippen molar-refractivity contribution in [2.45, 2.75) is 0 Å². The minimum absolute atomic E-state index is 0.950. The third kappa shape index (κ3) is 1.69. The maximum absolute atomic E-state index is 9.59. The molecule has 0 aliphatic rings. The summed E-state index contributed by atoms with van der Waals surface area (Å²) in [7, 11) is 0.950. The van der Waals surface area contributed by atoms with Crippen LogP contribution in [0.4, 0.5) is 4.79 Å². The molecule has 7 heavy (non-hydrogen) atoms. The second kappa shape index (κ2) is 2.12. The van der Waals surface area contributed by atoms with Crippen LogP contribution in [0.5, 0.6) is 0 Å². The van der Waals surface area contributed by atoms with Crippen molar-refractivity contribution < 1.29 is 14.5 Å². The molecule has 0 heterocycles. The molecule has 0 aliphatic heterocycles. The second-order valence-electron chi connectivity index (χ2n) is 0.727. The Morgan fingerprint density at radius 2 is 2.29 bits per heavy atom. The molecule has 0 spiro atoms. The van der Waals surface area contributed by atoms with Crippen molar-refractivity contribution in [1.29, 1.82) is 0 Å². The zero-order valence-corrected chi connectivity index (χ0v) is 3.58. The standard InChI is InChI=1S/C2H3NO4/c1-7-2(4)3(5)6/h1H3. The van der Waals surface area contributed by atoms with Crippen LogP contribution in [0.2, 0.25) is 0 Å². The van der Waals surface area contributed by atoms with Crippen LogP contribution in [0.25, 0.3) is 0 Å². The van der Waals surface area contributed by atoms with Gasteiger partial charge in [-0.05, 0) is 0 Å². The van der Waals surface area contributed by atoms with Crippen LogP contribution >= 0.6 is 0 Å². The molecule has 40 valence electrons. The molecule has 0 aliphatic carbocycles. The number of carbonyl (C=O) groups excluding carboxylic acids is 1. The van der Waals surface area contributed by atoms with E-state index in [2.05, 4.69) is 4.74 Å². The number of nitro groups is 1. The first-order valence-corrected chi connectivity index (χ1v) is 1.41. The number of carbonyl (C=O) groups is 1. The molecule has 0 aromatic carbocycles. The van der Waals surface area contributed by atoms with Gasteiger partial charge in [0.05, 0.1) is 7.11 Å². The Hall–Kier alpha value is -1.13. The predicted octanol–water partition coefficient (Wildman–Crippen LogP) is 0.0295. The maximum atomic E-state index is 9.59. The van der Waals surface area contributed by atoms with E-state index >= 15 is 0 Å². The Labute approximate surface area is 39.0 Å². The Kier molecular flexibility index (Phi) is 1.78. The summed E-state index contributed by atoms with van der Waals surface area (Å²) in [5.74, 6) is 0. The zero-order chi connectivity index (χ0) is 5.86. The van der Waals surface area contributed by atoms with Crippen LogP contribution in [-0.2, 0) is 4.74 Å². The van der Waals surface area contributed by atoms with Gasteiger partial charge in [0.25, 0.3) is 0 Å². The lowest BCUT2D eigenvalue weighted by molar-refractivity contribution is -0.394. The summed E-state index contributed by atoms with van der Waals surface area (Å²) in [6.45, 7) is 0. The largest absolute Gasteiger partial charge is 0.656 e. The van der Waals surface area contributed by atoms with E-state index in [4.69, 9.17) is 0 Å². The molecule has 0 aromatic heterocycles. The third-order valence-corrected chi connectivity index (χ3v) is 0.324. The summed E-state index contributed by atoms with van der Waals surface area (Å²) in [6.07, 6.45) is -1.43. The summed E-state index contributed by atoms with van der Waals surface area (Å²) in [4.78, 5) is 17.7. The molecule has 1 amide bonds. The Balaban J connectivity index is 3.58. The third-order valence-electron chi connectivity index (χ3n) is 0.324. The van der Waals surface area contributed by atoms with Crippen molar-refractivity contribution in [3.63, 3.8) is 0 Å². The number of rotatable bonds is 0. The van der Waals surface area contributed by atoms with Gasteiger partial charge < -0.3 is 4.74 Å². The number of ether oxygens (including phenoxy) is 1. The quantitative estimate of drug-likeness (QED) is 0.322. The summed E-state index contributed by atoms with van der Waals surface area (Å²) in [5.41, 5.74) is 0. The van der Waals surface area contributed by atoms with Crippen molar-refractivity contribution in [2.24, 2.45) is 0 Å². The fourth-order valence-electron chi connectivity index (χ4n) is 0.0745. The van der Waals surface area contributed by atoms with Gasteiger partial charge in [-0.15, -0.1) is 0 Å². The molecule has 0 N–H and O–H groups in total. The van der Waals surface area contributed by atoms with E-state index in [1.165, 1.54) is 0 Å². The van der Waals surface area contributed by atoms with E-state index in [0.29, 0.717) is 0 Å². The number of hydrogen-bond donors (Lipinski definition) is 0. The molecular weight excluding hydrogens is 102 g/mol. The van der Waals surface area contributed by atoms with Crippen LogP contribution in [0, 0.1) is 10.1 Å². The number of methoxy groups -OCH3 is 1. The van der Waals surface area contributed by atoms with Gasteiger partial charge >= 0.3 is 6.09 Å². The second-order valence-corrected chi connectivity index (χ2v) is 0.727. The van der Waals surface area contributed by atoms with Crippen LogP contribution in [-0.4, -0.2) is 18.1 Å². The van der Waals surface area contributed by atoms with Gasteiger partial charge in [-0.25, -0.2) is 0 Å². The van der Waals surface area contributed by atoms with Gasteiger partial charge in [-0.2, -0.15) is 4.79 Å². The lowest BCUT2D eigenvalue weighted by Crippen LogP contribution is -2.09. The van der Waals surface area contributed by atoms with Gasteiger partial charge in [0.1, 0.15) is 4.92 Å². The molecule has 5 heteroatoms. The van der Waals surface area contributed by atoms with E-state index in [1.807, 2.05) is 0 Å². The summed E-state index contributed by atoms with van der Waals surface area (Å²) in [5, 5.41) is 9.26. The van der Waals surface area contributed by atoms with Gasteiger partial charge in [0.15, 0.2) is 0 Å². The van der Waals surface area contributed by atoms with E-state index in [-0.39, 0.29) is 0 Å². The van der Waals surface area contributed by atoms with E-state index in [1.54, 1.807) is 0 Å². The highest BCUT2D eigenvalue weighted by Crippen LogP contribution is 1.74. The SMILES string of the molecule is COC(=O)[N+](=O)[O-]. The topological polar surface area (TPSA) is 69.4 Å². The fraction of sp³-hybridized carbons (Fsp3) is 0.500. The van der Waals surface area contributed by atoms with Gasteiger partial charge in [0, 0.05) is 0 Å². The van der Waals surface area contributed by atoms with Crippen molar-refractivity contribution in [3.8, 4) is 0 Å². The fourth-order valence-corrected chi connectivity index (χ4v) is 0.0745. The molecule has 0 radical (unpaired) electrons. The molecule has 5 nitrogen and oxygen atoms in total. The predicted molar refractivity (Wildman–Crippen MR) is 19.4 cm³/mol. The summed E-state index contributed by atoms with van der Waals surface area (Å²) in [6, 6.07) is 0. The molecule has 0 bridgehead atoms. The van der Waals surface area contributed by atoms with Gasteiger partial charge in [-0.3, -0.25) is 10.1 Å². The van der Waals surface area contributed by atoms with Crippen LogP contribution in [0.3, 0.4) is 0 Å². The Morgan fingerprint density at radius 1 is 1.86 bits per heavy atom. The molecule has 0 atom stereocenters. The molecule has 0 unspecified atom stereocenters. The normalized spacial score (nSPS) is 7.57. The minimum Gasteiger partial charge on any atom is -0.411 e. The zero-order valence-electron chi connectivity index (χ0n) is 3.58. The lowest BCUT2D eigenvalue weighted by Gasteiger charge is -1.81. The Morgan fingerprint density at radius 3 is 2.29 bits per heavy atom. The molecule has 0 aromatic rings. The first-order valence-electron chi connectivity index (χ1n) is 1.41. The number of amides is 1. The molecule has 0 saturated carbocycles. The number of nitrogens with zero attached hydrogens (tertiary/aromatic N) is 1. The van der Waals surface area contributed by atoms with Crippen molar-refractivity contribution in [3.05, 3.63) is 10.1 Å². The highest BCUT2D eigenvalue weighted by Gasteiger charge is 2.12. The average molecular weight is 105 g/mol. The van der Waals surface area contributed by atoms with Crippen molar-refractivity contribution >= 4 is 6.09 Å². The Bertz CT molecular complexity index is 97.9. The van der Waals surface area contributed by atoms with Crippen molar-refractivity contribution in [2.75, 3.05) is 7.11 Å². The summed E-state index contributed by atoms with van der Waals surface area (Å²) < 4.78 is 3.67. The van der Waals surface area contributed by atoms with Crippen molar-refractivity contribution in [1.82, 2.24) is 0 Å². The molecule has 0 rings (SSSR count). The van der Waals surface area contributed by atoms with Gasteiger partial charge in [0.2, 0.25) is 0 Å². The highest BCUT2D eigenvalue weighted by molar-refractivity contribution is 5.56. The summed E-state index contributed by atoms with van der Waals surface area (Å²) >= 11 is 0. The molecular formula is C2H3NO4. The van der Waals surface area contributed by atoms with E-state index in [0.717, 1.165) is 7.11 Å². The smallest absolute Gasteiger partial charge is 0.411 e. The van der Waals surface area contributed by atoms with E-state index in [9.17, 15) is 14.9 Å². The number of hydrogen-bond acceptors (Lipinski definition) is 4. The average Bonchev–Trinajstić information content (AvgIpc) is 1.65. The molecule has 0 fully saturated rings. The first kappa shape index (κ1) is 5.87. The highest BCUT2D eigenvalue weighted by atomic mass is 16.7. The van der Waals surface area contributed by atoms with Crippen LogP contribution < -0.4 is 0 Å². The van der Waals surface area contributed by atoms with Gasteiger partial charge in [-0.1, -0.05) is 0 Å². The van der Waals surface area contributed by atoms with Crippen LogP contribution in [0.15, 0.2) is 0 Å². The lowest BCUT2D eigenvalue weighted by atomic mass is 11.2. The maximum Gasteiger partial charge on any atom is 0.656 e. The minimum atomic E-state index is -1.43.